The number of nitrogens with zero attached hydrogens (tertiary/aromatic N) is 4. The maximum Gasteiger partial charge on any atom is 0.321 e. The Morgan fingerprint density at radius 3 is 2.77 bits per heavy atom. The van der Waals surface area contributed by atoms with Crippen molar-refractivity contribution in [2.45, 2.75) is 19.0 Å². The van der Waals surface area contributed by atoms with Gasteiger partial charge in [-0.2, -0.15) is 0 Å². The van der Waals surface area contributed by atoms with Crippen molar-refractivity contribution in [3.8, 4) is 10.6 Å². The topological polar surface area (TPSA) is 109 Å². The van der Waals surface area contributed by atoms with Crippen LogP contribution in [0.3, 0.4) is 0 Å². The molecule has 0 aliphatic carbocycles. The highest BCUT2D eigenvalue weighted by atomic mass is 32.1. The number of aliphatic imine (C=N–C) groups is 1. The average molecular weight is 420 g/mol. The molecule has 30 heavy (non-hydrogen) atoms. The van der Waals surface area contributed by atoms with Crippen LogP contribution in [0.4, 0.5) is 21.3 Å². The number of nitrogens with two attached hydrogens (primary N) is 1. The van der Waals surface area contributed by atoms with E-state index in [-0.39, 0.29) is 12.1 Å². The van der Waals surface area contributed by atoms with Crippen LogP contribution < -0.4 is 16.4 Å². The summed E-state index contributed by atoms with van der Waals surface area (Å²) < 4.78 is 0. The Morgan fingerprint density at radius 2 is 1.97 bits per heavy atom. The molecule has 1 aromatic heterocycles. The van der Waals surface area contributed by atoms with Crippen LogP contribution >= 0.6 is 11.3 Å². The van der Waals surface area contributed by atoms with E-state index in [9.17, 15) is 4.79 Å². The van der Waals surface area contributed by atoms with Gasteiger partial charge in [-0.05, 0) is 53.9 Å². The Bertz CT molecular complexity index is 1110. The summed E-state index contributed by atoms with van der Waals surface area (Å²) in [5.41, 5.74) is 10.9. The molecule has 8 nitrogen and oxygen atoms in total. The van der Waals surface area contributed by atoms with Gasteiger partial charge < -0.3 is 21.3 Å². The molecule has 2 aliphatic rings. The van der Waals surface area contributed by atoms with Gasteiger partial charge >= 0.3 is 6.03 Å². The largest absolute Gasteiger partial charge is 0.330 e. The van der Waals surface area contributed by atoms with E-state index < -0.39 is 0 Å². The highest BCUT2D eigenvalue weighted by molar-refractivity contribution is 7.18. The Labute approximate surface area is 177 Å². The molecule has 1 saturated heterocycles. The number of aromatic nitrogens is 2. The van der Waals surface area contributed by atoms with E-state index in [1.807, 2.05) is 36.5 Å². The van der Waals surface area contributed by atoms with Crippen LogP contribution in [-0.4, -0.2) is 46.5 Å². The standard InChI is InChI=1S/C21H21N7OS/c22-16-7-8-28(12-16)21(29)25-17-4-1-13(2-5-17)19-26-27-20(30-19)24-18-6-3-14-10-23-11-15(14)9-18/h1-6,9,11,16H,7-8,10,12,22H2,(H,24,27)(H,25,29). The van der Waals surface area contributed by atoms with E-state index in [0.29, 0.717) is 13.1 Å². The number of carbonyl (C=O) groups is 1. The molecule has 2 aromatic carbocycles. The van der Waals surface area contributed by atoms with Crippen LogP contribution in [0.1, 0.15) is 17.5 Å². The first-order valence-corrected chi connectivity index (χ1v) is 10.6. The van der Waals surface area contributed by atoms with Crippen molar-refractivity contribution in [3.63, 3.8) is 0 Å². The van der Waals surface area contributed by atoms with Crippen molar-refractivity contribution >= 4 is 40.1 Å². The van der Waals surface area contributed by atoms with Crippen molar-refractivity contribution in [1.29, 1.82) is 0 Å². The van der Waals surface area contributed by atoms with Crippen LogP contribution in [0.5, 0.6) is 0 Å². The number of nitrogens with one attached hydrogen (secondary N) is 2. The van der Waals surface area contributed by atoms with Gasteiger partial charge in [0.05, 0.1) is 6.54 Å². The maximum atomic E-state index is 12.3. The third kappa shape index (κ3) is 3.89. The molecule has 3 heterocycles. The molecular formula is C21H21N7OS. The number of urea groups is 1. The second-order valence-electron chi connectivity index (χ2n) is 7.42. The molecule has 0 saturated carbocycles. The van der Waals surface area contributed by atoms with Gasteiger partial charge in [-0.1, -0.05) is 17.4 Å². The molecule has 9 heteroatoms. The number of anilines is 3. The van der Waals surface area contributed by atoms with Gasteiger partial charge in [0.2, 0.25) is 5.13 Å². The monoisotopic (exact) mass is 419 g/mol. The highest BCUT2D eigenvalue weighted by Crippen LogP contribution is 2.30. The lowest BCUT2D eigenvalue weighted by Crippen LogP contribution is -2.35. The minimum Gasteiger partial charge on any atom is -0.330 e. The molecule has 0 bridgehead atoms. The Balaban J connectivity index is 1.24. The van der Waals surface area contributed by atoms with E-state index in [1.165, 1.54) is 16.9 Å². The van der Waals surface area contributed by atoms with Crippen LogP contribution in [0, 0.1) is 0 Å². The van der Waals surface area contributed by atoms with Gasteiger partial charge in [0.25, 0.3) is 0 Å². The van der Waals surface area contributed by atoms with Crippen molar-refractivity contribution < 1.29 is 4.79 Å². The minimum atomic E-state index is -0.113. The average Bonchev–Trinajstić information content (AvgIpc) is 3.49. The predicted molar refractivity (Wildman–Crippen MR) is 120 cm³/mol. The third-order valence-electron chi connectivity index (χ3n) is 5.21. The quantitative estimate of drug-likeness (QED) is 0.600. The summed E-state index contributed by atoms with van der Waals surface area (Å²) >= 11 is 1.48. The number of benzene rings is 2. The van der Waals surface area contributed by atoms with Gasteiger partial charge in [-0.25, -0.2) is 4.79 Å². The Morgan fingerprint density at radius 1 is 1.13 bits per heavy atom. The van der Waals surface area contributed by atoms with Gasteiger partial charge in [0.15, 0.2) is 0 Å². The molecule has 1 fully saturated rings. The van der Waals surface area contributed by atoms with E-state index in [0.717, 1.165) is 45.6 Å². The summed E-state index contributed by atoms with van der Waals surface area (Å²) in [6.45, 7) is 2.05. The molecule has 152 valence electrons. The fraction of sp³-hybridized carbons (Fsp3) is 0.238. The van der Waals surface area contributed by atoms with E-state index in [1.54, 1.807) is 4.90 Å². The summed E-state index contributed by atoms with van der Waals surface area (Å²) in [6.07, 6.45) is 2.74. The first-order chi connectivity index (χ1) is 14.6. The smallest absolute Gasteiger partial charge is 0.321 e. The molecular weight excluding hydrogens is 398 g/mol. The lowest BCUT2D eigenvalue weighted by molar-refractivity contribution is 0.222. The Kier molecular flexibility index (Phi) is 4.89. The van der Waals surface area contributed by atoms with Crippen LogP contribution in [0.2, 0.25) is 0 Å². The summed E-state index contributed by atoms with van der Waals surface area (Å²) in [5.74, 6) is 0. The lowest BCUT2D eigenvalue weighted by Gasteiger charge is -2.16. The molecule has 0 spiro atoms. The summed E-state index contributed by atoms with van der Waals surface area (Å²) in [7, 11) is 0. The highest BCUT2D eigenvalue weighted by Gasteiger charge is 2.23. The fourth-order valence-electron chi connectivity index (χ4n) is 3.56. The van der Waals surface area contributed by atoms with Crippen molar-refractivity contribution in [3.05, 3.63) is 53.6 Å². The number of amides is 2. The van der Waals surface area contributed by atoms with Crippen molar-refractivity contribution in [1.82, 2.24) is 15.1 Å². The zero-order valence-corrected chi connectivity index (χ0v) is 17.0. The second kappa shape index (κ2) is 7.85. The summed E-state index contributed by atoms with van der Waals surface area (Å²) in [4.78, 5) is 18.3. The molecule has 5 rings (SSSR count). The zero-order chi connectivity index (χ0) is 20.5. The molecule has 3 aromatic rings. The van der Waals surface area contributed by atoms with E-state index in [2.05, 4.69) is 38.0 Å². The molecule has 1 atom stereocenters. The number of rotatable bonds is 4. The molecule has 2 amide bonds. The number of carbonyl (C=O) groups excluding carboxylic acids is 1. The second-order valence-corrected chi connectivity index (χ2v) is 8.40. The molecule has 2 aliphatic heterocycles. The zero-order valence-electron chi connectivity index (χ0n) is 16.2. The first kappa shape index (κ1) is 18.7. The Hall–Kier alpha value is -3.30. The molecule has 1 unspecified atom stereocenters. The normalized spacial score (nSPS) is 17.2. The van der Waals surface area contributed by atoms with Gasteiger partial charge in [-0.15, -0.1) is 10.2 Å². The third-order valence-corrected chi connectivity index (χ3v) is 6.10. The van der Waals surface area contributed by atoms with Gasteiger partial charge in [0, 0.05) is 42.3 Å². The van der Waals surface area contributed by atoms with Crippen LogP contribution in [-0.2, 0) is 6.54 Å². The summed E-state index contributed by atoms with van der Waals surface area (Å²) in [5, 5.41) is 16.3. The molecule has 4 N–H and O–H groups in total. The van der Waals surface area contributed by atoms with Crippen molar-refractivity contribution in [2.75, 3.05) is 23.7 Å². The van der Waals surface area contributed by atoms with Crippen molar-refractivity contribution in [2.24, 2.45) is 10.7 Å². The molecule has 0 radical (unpaired) electrons. The SMILES string of the molecule is NC1CCN(C(=O)Nc2ccc(-c3nnc(Nc4ccc5c(c4)C=NC5)s3)cc2)C1. The van der Waals surface area contributed by atoms with Crippen LogP contribution in [0.25, 0.3) is 10.6 Å². The number of hydrogen-bond donors (Lipinski definition) is 3. The number of hydrogen-bond acceptors (Lipinski definition) is 7. The fourth-order valence-corrected chi connectivity index (χ4v) is 4.33. The summed E-state index contributed by atoms with van der Waals surface area (Å²) in [6, 6.07) is 13.7. The minimum absolute atomic E-state index is 0.0725. The lowest BCUT2D eigenvalue weighted by atomic mass is 10.1. The number of fused-ring (bicyclic) bond motifs is 1. The van der Waals surface area contributed by atoms with Crippen LogP contribution in [0.15, 0.2) is 47.5 Å². The number of likely N-dealkylation sites (tertiary alicyclic amines) is 1. The van der Waals surface area contributed by atoms with E-state index >= 15 is 0 Å². The van der Waals surface area contributed by atoms with Gasteiger partial charge in [0.1, 0.15) is 5.01 Å². The van der Waals surface area contributed by atoms with E-state index in [4.69, 9.17) is 5.73 Å². The van der Waals surface area contributed by atoms with Gasteiger partial charge in [-0.3, -0.25) is 4.99 Å². The first-order valence-electron chi connectivity index (χ1n) is 9.79. The predicted octanol–water partition coefficient (Wildman–Crippen LogP) is 3.45. The maximum absolute atomic E-state index is 12.3.